The Morgan fingerprint density at radius 2 is 2.04 bits per heavy atom. The smallest absolute Gasteiger partial charge is 0.331 e. The topological polar surface area (TPSA) is 73.2 Å². The van der Waals surface area contributed by atoms with E-state index in [-0.39, 0.29) is 12.5 Å². The molecule has 0 aliphatic heterocycles. The van der Waals surface area contributed by atoms with Crippen LogP contribution in [0.25, 0.3) is 6.08 Å². The number of hydrogen-bond donors (Lipinski definition) is 1. The highest BCUT2D eigenvalue weighted by Crippen LogP contribution is 2.20. The van der Waals surface area contributed by atoms with Crippen LogP contribution in [0.5, 0.6) is 0 Å². The van der Waals surface area contributed by atoms with Gasteiger partial charge < -0.3 is 10.1 Å². The summed E-state index contributed by atoms with van der Waals surface area (Å²) in [5.74, 6) is -0.900. The highest BCUT2D eigenvalue weighted by atomic mass is 35.5. The Morgan fingerprint density at radius 3 is 2.73 bits per heavy atom. The molecule has 138 valence electrons. The summed E-state index contributed by atoms with van der Waals surface area (Å²) < 4.78 is 6.74. The number of hydrogen-bond acceptors (Lipinski definition) is 4. The van der Waals surface area contributed by atoms with Gasteiger partial charge in [0.05, 0.1) is 12.2 Å². The molecule has 1 heterocycles. The maximum absolute atomic E-state index is 11.8. The van der Waals surface area contributed by atoms with Crippen molar-refractivity contribution in [3.8, 4) is 0 Å². The minimum atomic E-state index is -0.575. The third-order valence-electron chi connectivity index (χ3n) is 3.82. The minimum Gasteiger partial charge on any atom is -0.452 e. The summed E-state index contributed by atoms with van der Waals surface area (Å²) in [6.45, 7) is 6.34. The number of benzene rings is 1. The van der Waals surface area contributed by atoms with Crippen molar-refractivity contribution in [1.29, 1.82) is 0 Å². The van der Waals surface area contributed by atoms with Gasteiger partial charge in [-0.05, 0) is 38.5 Å². The maximum atomic E-state index is 11.8. The van der Waals surface area contributed by atoms with Gasteiger partial charge in [-0.25, -0.2) is 4.79 Å². The molecule has 1 aromatic heterocycles. The first-order chi connectivity index (χ1) is 12.4. The lowest BCUT2D eigenvalue weighted by Gasteiger charge is -2.06. The predicted molar refractivity (Wildman–Crippen MR) is 101 cm³/mol. The first-order valence-electron chi connectivity index (χ1n) is 8.31. The Labute approximate surface area is 157 Å². The predicted octanol–water partition coefficient (Wildman–Crippen LogP) is 2.89. The quantitative estimate of drug-likeness (QED) is 0.596. The molecule has 0 aliphatic rings. The number of aromatic nitrogens is 2. The van der Waals surface area contributed by atoms with Crippen molar-refractivity contribution in [3.05, 3.63) is 57.9 Å². The van der Waals surface area contributed by atoms with E-state index in [2.05, 4.69) is 10.4 Å². The van der Waals surface area contributed by atoms with E-state index in [1.807, 2.05) is 42.8 Å². The summed E-state index contributed by atoms with van der Waals surface area (Å²) in [6, 6.07) is 7.60. The van der Waals surface area contributed by atoms with Gasteiger partial charge >= 0.3 is 5.97 Å². The summed E-state index contributed by atoms with van der Waals surface area (Å²) >= 11 is 6.21. The van der Waals surface area contributed by atoms with Crippen molar-refractivity contribution in [3.63, 3.8) is 0 Å². The molecule has 0 fully saturated rings. The molecular formula is C19H22ClN3O3. The van der Waals surface area contributed by atoms with Crippen molar-refractivity contribution >= 4 is 29.6 Å². The molecule has 0 atom stereocenters. The van der Waals surface area contributed by atoms with Crippen LogP contribution in [0.4, 0.5) is 0 Å². The number of nitrogens with one attached hydrogen (secondary N) is 1. The van der Waals surface area contributed by atoms with Gasteiger partial charge in [-0.15, -0.1) is 0 Å². The Bertz CT molecular complexity index is 827. The van der Waals surface area contributed by atoms with Crippen LogP contribution in [0.3, 0.4) is 0 Å². The fourth-order valence-electron chi connectivity index (χ4n) is 2.48. The number of carbonyl (C=O) groups excluding carboxylic acids is 2. The van der Waals surface area contributed by atoms with Gasteiger partial charge in [-0.2, -0.15) is 5.10 Å². The summed E-state index contributed by atoms with van der Waals surface area (Å²) in [7, 11) is 0. The van der Waals surface area contributed by atoms with Crippen LogP contribution in [0.15, 0.2) is 30.3 Å². The highest BCUT2D eigenvalue weighted by molar-refractivity contribution is 6.31. The second-order valence-corrected chi connectivity index (χ2v) is 6.14. The molecule has 1 amide bonds. The number of carbonyl (C=O) groups is 2. The van der Waals surface area contributed by atoms with Crippen LogP contribution >= 0.6 is 11.6 Å². The largest absolute Gasteiger partial charge is 0.452 e. The van der Waals surface area contributed by atoms with Gasteiger partial charge in [0, 0.05) is 28.9 Å². The van der Waals surface area contributed by atoms with E-state index in [1.54, 1.807) is 13.0 Å². The Balaban J connectivity index is 2.06. The van der Waals surface area contributed by atoms with Crippen molar-refractivity contribution in [1.82, 2.24) is 15.1 Å². The average molecular weight is 376 g/mol. The van der Waals surface area contributed by atoms with Crippen LogP contribution < -0.4 is 5.32 Å². The lowest BCUT2D eigenvalue weighted by atomic mass is 10.1. The van der Waals surface area contributed by atoms with Crippen LogP contribution in [-0.2, 0) is 20.9 Å². The molecule has 0 aliphatic carbocycles. The van der Waals surface area contributed by atoms with Crippen molar-refractivity contribution in [2.24, 2.45) is 0 Å². The summed E-state index contributed by atoms with van der Waals surface area (Å²) in [6.07, 6.45) is 2.96. The van der Waals surface area contributed by atoms with Gasteiger partial charge in [0.1, 0.15) is 0 Å². The maximum Gasteiger partial charge on any atom is 0.331 e. The molecule has 6 nitrogen and oxygen atoms in total. The average Bonchev–Trinajstić information content (AvgIpc) is 2.87. The number of rotatable bonds is 7. The fourth-order valence-corrected chi connectivity index (χ4v) is 2.67. The highest BCUT2D eigenvalue weighted by Gasteiger charge is 2.11. The van der Waals surface area contributed by atoms with Crippen LogP contribution in [0.1, 0.15) is 29.4 Å². The second kappa shape index (κ2) is 9.20. The third-order valence-corrected chi connectivity index (χ3v) is 4.19. The molecule has 26 heavy (non-hydrogen) atoms. The van der Waals surface area contributed by atoms with Crippen LogP contribution in [0, 0.1) is 13.8 Å². The lowest BCUT2D eigenvalue weighted by Crippen LogP contribution is -2.28. The van der Waals surface area contributed by atoms with E-state index in [9.17, 15) is 9.59 Å². The second-order valence-electron chi connectivity index (χ2n) is 5.73. The molecule has 1 aromatic carbocycles. The number of amides is 1. The van der Waals surface area contributed by atoms with E-state index in [1.165, 1.54) is 6.08 Å². The number of nitrogens with zero attached hydrogens (tertiary/aromatic N) is 2. The number of halogens is 1. The van der Waals surface area contributed by atoms with Gasteiger partial charge in [0.2, 0.25) is 0 Å². The van der Waals surface area contributed by atoms with Crippen molar-refractivity contribution < 1.29 is 14.3 Å². The van der Waals surface area contributed by atoms with Crippen molar-refractivity contribution in [2.75, 3.05) is 13.2 Å². The van der Waals surface area contributed by atoms with Crippen molar-refractivity contribution in [2.45, 2.75) is 27.3 Å². The zero-order valence-electron chi connectivity index (χ0n) is 15.1. The van der Waals surface area contributed by atoms with Crippen LogP contribution in [-0.4, -0.2) is 34.8 Å². The Morgan fingerprint density at radius 1 is 1.31 bits per heavy atom. The van der Waals surface area contributed by atoms with Gasteiger partial charge in [0.15, 0.2) is 6.61 Å². The van der Waals surface area contributed by atoms with E-state index in [0.29, 0.717) is 18.1 Å². The molecule has 2 aromatic rings. The van der Waals surface area contributed by atoms with E-state index < -0.39 is 5.97 Å². The molecule has 0 saturated heterocycles. The molecule has 0 radical (unpaired) electrons. The summed E-state index contributed by atoms with van der Waals surface area (Å²) in [4.78, 5) is 23.1. The minimum absolute atomic E-state index is 0.291. The third kappa shape index (κ3) is 5.20. The Kier molecular flexibility index (Phi) is 6.97. The number of ether oxygens (including phenoxy) is 1. The normalized spacial score (nSPS) is 10.9. The van der Waals surface area contributed by atoms with Gasteiger partial charge in [-0.3, -0.25) is 9.48 Å². The molecular weight excluding hydrogens is 354 g/mol. The number of aryl methyl sites for hydroxylation is 1. The monoisotopic (exact) mass is 375 g/mol. The molecule has 2 rings (SSSR count). The molecule has 0 unspecified atom stereocenters. The van der Waals surface area contributed by atoms with E-state index in [0.717, 1.165) is 22.5 Å². The SMILES string of the molecule is CCNC(=O)COC(=O)/C=C/c1c(C)nn(Cc2ccccc2Cl)c1C. The first kappa shape index (κ1) is 19.7. The van der Waals surface area contributed by atoms with Crippen LogP contribution in [0.2, 0.25) is 5.02 Å². The molecule has 0 spiro atoms. The lowest BCUT2D eigenvalue weighted by molar-refractivity contribution is -0.143. The van der Waals surface area contributed by atoms with E-state index >= 15 is 0 Å². The zero-order valence-corrected chi connectivity index (χ0v) is 15.8. The standard InChI is InChI=1S/C19H22ClN3O3/c1-4-21-18(24)12-26-19(25)10-9-16-13(2)22-23(14(16)3)11-15-7-5-6-8-17(15)20/h5-10H,4,11-12H2,1-3H3,(H,21,24)/b10-9+. The summed E-state index contributed by atoms with van der Waals surface area (Å²) in [5, 5.41) is 7.76. The molecule has 7 heteroatoms. The van der Waals surface area contributed by atoms with Gasteiger partial charge in [0.25, 0.3) is 5.91 Å². The summed E-state index contributed by atoms with van der Waals surface area (Å²) in [5.41, 5.74) is 3.51. The molecule has 0 bridgehead atoms. The molecule has 1 N–H and O–H groups in total. The van der Waals surface area contributed by atoms with Gasteiger partial charge in [-0.1, -0.05) is 29.8 Å². The van der Waals surface area contributed by atoms with E-state index in [4.69, 9.17) is 16.3 Å². The fraction of sp³-hybridized carbons (Fsp3) is 0.316. The molecule has 0 saturated carbocycles. The number of esters is 1. The zero-order chi connectivity index (χ0) is 19.1. The Hall–Kier alpha value is -2.60. The first-order valence-corrected chi connectivity index (χ1v) is 8.69. The number of likely N-dealkylation sites (N-methyl/N-ethyl adjacent to an activating group) is 1.